The molecule has 15 heteroatoms. The van der Waals surface area contributed by atoms with Crippen LogP contribution in [0.5, 0.6) is 5.88 Å². The van der Waals surface area contributed by atoms with Crippen molar-refractivity contribution in [1.29, 1.82) is 0 Å². The number of ether oxygens (including phenoxy) is 1. The Morgan fingerprint density at radius 1 is 1.15 bits per heavy atom. The summed E-state index contributed by atoms with van der Waals surface area (Å²) in [6.45, 7) is 1.72. The van der Waals surface area contributed by atoms with Crippen molar-refractivity contribution in [2.45, 2.75) is 38.7 Å². The lowest BCUT2D eigenvalue weighted by Gasteiger charge is -2.15. The number of nitrogens with one attached hydrogen (secondary N) is 2. The summed E-state index contributed by atoms with van der Waals surface area (Å²) < 4.78 is 79.2. The Kier molecular flexibility index (Phi) is 7.02. The number of H-pyrrole nitrogens is 1. The van der Waals surface area contributed by atoms with Gasteiger partial charge >= 0.3 is 12.4 Å². The highest BCUT2D eigenvalue weighted by molar-refractivity contribution is 5.92. The van der Waals surface area contributed by atoms with Gasteiger partial charge in [-0.25, -0.2) is 19.9 Å². The molecule has 0 bridgehead atoms. The number of amides is 1. The van der Waals surface area contributed by atoms with Gasteiger partial charge in [-0.3, -0.25) is 9.89 Å². The number of rotatable bonds is 7. The fourth-order valence-electron chi connectivity index (χ4n) is 2.72. The van der Waals surface area contributed by atoms with Gasteiger partial charge in [-0.1, -0.05) is 6.07 Å². The highest BCUT2D eigenvalue weighted by Crippen LogP contribution is 2.25. The van der Waals surface area contributed by atoms with Crippen molar-refractivity contribution < 1.29 is 35.9 Å². The molecule has 0 aliphatic heterocycles. The maximum absolute atomic E-state index is 12.7. The van der Waals surface area contributed by atoms with Crippen molar-refractivity contribution in [2.24, 2.45) is 0 Å². The smallest absolute Gasteiger partial charge is 0.453 e. The van der Waals surface area contributed by atoms with Crippen LogP contribution in [0.4, 0.5) is 26.3 Å². The van der Waals surface area contributed by atoms with Crippen LogP contribution in [0.1, 0.15) is 52.2 Å². The van der Waals surface area contributed by atoms with E-state index in [-0.39, 0.29) is 29.6 Å². The Labute approximate surface area is 188 Å². The standard InChI is InChI=1S/C19H17F6N7O2/c1-9-5-12(29-13(27-9)6-14-30-17(32-31-14)19(23,24)25)16(33)28-10(2)11-3-4-15(26-7-11)34-8-18(20,21)22/h3-5,7,10H,6,8H2,1-2H3,(H,28,33)(H,30,31,32). The van der Waals surface area contributed by atoms with E-state index >= 15 is 0 Å². The summed E-state index contributed by atoms with van der Waals surface area (Å²) in [5.74, 6) is -2.24. The van der Waals surface area contributed by atoms with E-state index in [0.29, 0.717) is 11.3 Å². The second kappa shape index (κ2) is 9.61. The van der Waals surface area contributed by atoms with Crippen LogP contribution in [0.2, 0.25) is 0 Å². The quantitative estimate of drug-likeness (QED) is 0.489. The first-order valence-corrected chi connectivity index (χ1v) is 9.59. The first-order chi connectivity index (χ1) is 15.8. The molecule has 3 heterocycles. The Hall–Kier alpha value is -3.78. The molecule has 0 aliphatic carbocycles. The lowest BCUT2D eigenvalue weighted by molar-refractivity contribution is -0.154. The topological polar surface area (TPSA) is 119 Å². The van der Waals surface area contributed by atoms with E-state index in [1.807, 2.05) is 0 Å². The van der Waals surface area contributed by atoms with Gasteiger partial charge in [-0.2, -0.15) is 26.3 Å². The number of aromatic amines is 1. The van der Waals surface area contributed by atoms with Crippen LogP contribution in [0, 0.1) is 6.92 Å². The molecule has 182 valence electrons. The third-order valence-corrected chi connectivity index (χ3v) is 4.23. The van der Waals surface area contributed by atoms with Crippen molar-refractivity contribution in [3.8, 4) is 5.88 Å². The number of carbonyl (C=O) groups excluding carboxylic acids is 1. The van der Waals surface area contributed by atoms with E-state index in [1.54, 1.807) is 13.8 Å². The minimum Gasteiger partial charge on any atom is -0.468 e. The van der Waals surface area contributed by atoms with Crippen molar-refractivity contribution in [1.82, 2.24) is 35.5 Å². The first-order valence-electron chi connectivity index (χ1n) is 9.59. The molecule has 3 aromatic heterocycles. The minimum atomic E-state index is -4.71. The predicted octanol–water partition coefficient (Wildman–Crippen LogP) is 3.34. The molecule has 1 amide bonds. The zero-order chi connectivity index (χ0) is 25.1. The summed E-state index contributed by atoms with van der Waals surface area (Å²) in [6.07, 6.45) is -8.16. The number of pyridine rings is 1. The van der Waals surface area contributed by atoms with Gasteiger partial charge in [0.05, 0.1) is 12.5 Å². The van der Waals surface area contributed by atoms with Gasteiger partial charge in [0, 0.05) is 18.0 Å². The van der Waals surface area contributed by atoms with Crippen molar-refractivity contribution in [3.05, 3.63) is 58.8 Å². The average Bonchev–Trinajstić information content (AvgIpc) is 3.20. The predicted molar refractivity (Wildman–Crippen MR) is 103 cm³/mol. The van der Waals surface area contributed by atoms with Gasteiger partial charge in [-0.05, 0) is 25.5 Å². The third kappa shape index (κ3) is 6.86. The largest absolute Gasteiger partial charge is 0.468 e. The second-order valence-corrected chi connectivity index (χ2v) is 7.12. The van der Waals surface area contributed by atoms with Crippen molar-refractivity contribution in [2.75, 3.05) is 6.61 Å². The zero-order valence-electron chi connectivity index (χ0n) is 17.6. The van der Waals surface area contributed by atoms with Crippen LogP contribution in [0.3, 0.4) is 0 Å². The maximum atomic E-state index is 12.7. The van der Waals surface area contributed by atoms with Crippen LogP contribution in [0.25, 0.3) is 0 Å². The fraction of sp³-hybridized carbons (Fsp3) is 0.368. The SMILES string of the molecule is Cc1cc(C(=O)NC(C)c2ccc(OCC(F)(F)F)nc2)nc(Cc2nc(C(F)(F)F)n[nH]2)n1. The molecular formula is C19H17F6N7O2. The van der Waals surface area contributed by atoms with Gasteiger partial charge in [0.15, 0.2) is 6.61 Å². The van der Waals surface area contributed by atoms with Crippen LogP contribution >= 0.6 is 0 Å². The van der Waals surface area contributed by atoms with E-state index in [0.717, 1.165) is 0 Å². The van der Waals surface area contributed by atoms with Gasteiger partial charge in [0.2, 0.25) is 5.88 Å². The molecule has 2 N–H and O–H groups in total. The van der Waals surface area contributed by atoms with Crippen LogP contribution in [-0.2, 0) is 12.6 Å². The highest BCUT2D eigenvalue weighted by Gasteiger charge is 2.36. The molecule has 0 aliphatic rings. The number of nitrogens with zero attached hydrogens (tertiary/aromatic N) is 5. The molecule has 0 aromatic carbocycles. The van der Waals surface area contributed by atoms with E-state index in [2.05, 4.69) is 40.2 Å². The molecule has 0 fully saturated rings. The summed E-state index contributed by atoms with van der Waals surface area (Å²) in [4.78, 5) is 28.0. The number of hydrogen-bond acceptors (Lipinski definition) is 7. The van der Waals surface area contributed by atoms with E-state index in [4.69, 9.17) is 0 Å². The number of hydrogen-bond donors (Lipinski definition) is 2. The molecule has 3 rings (SSSR count). The number of aryl methyl sites for hydroxylation is 1. The monoisotopic (exact) mass is 489 g/mol. The lowest BCUT2D eigenvalue weighted by Crippen LogP contribution is -2.28. The van der Waals surface area contributed by atoms with E-state index in [1.165, 1.54) is 24.4 Å². The van der Waals surface area contributed by atoms with Crippen LogP contribution in [0.15, 0.2) is 24.4 Å². The molecule has 0 radical (unpaired) electrons. The summed E-state index contributed by atoms with van der Waals surface area (Å²) in [6, 6.07) is 3.48. The van der Waals surface area contributed by atoms with Gasteiger partial charge < -0.3 is 10.1 Å². The molecule has 1 atom stereocenters. The average molecular weight is 489 g/mol. The Balaban J connectivity index is 1.66. The summed E-state index contributed by atoms with van der Waals surface area (Å²) in [5.41, 5.74) is 0.842. The molecule has 0 spiro atoms. The number of carbonyl (C=O) groups is 1. The summed E-state index contributed by atoms with van der Waals surface area (Å²) in [5, 5.41) is 7.92. The summed E-state index contributed by atoms with van der Waals surface area (Å²) >= 11 is 0. The first kappa shape index (κ1) is 24.9. The molecule has 0 saturated heterocycles. The van der Waals surface area contributed by atoms with Crippen LogP contribution in [-0.4, -0.2) is 48.8 Å². The van der Waals surface area contributed by atoms with Gasteiger partial charge in [-0.15, -0.1) is 5.10 Å². The molecule has 1 unspecified atom stereocenters. The lowest BCUT2D eigenvalue weighted by atomic mass is 10.1. The normalized spacial score (nSPS) is 12.9. The molecule has 3 aromatic rings. The Morgan fingerprint density at radius 2 is 1.88 bits per heavy atom. The second-order valence-electron chi connectivity index (χ2n) is 7.12. The Morgan fingerprint density at radius 3 is 2.47 bits per heavy atom. The van der Waals surface area contributed by atoms with Crippen molar-refractivity contribution in [3.63, 3.8) is 0 Å². The van der Waals surface area contributed by atoms with Gasteiger partial charge in [0.1, 0.15) is 17.3 Å². The molecule has 0 saturated carbocycles. The highest BCUT2D eigenvalue weighted by atomic mass is 19.4. The molecule has 34 heavy (non-hydrogen) atoms. The van der Waals surface area contributed by atoms with Crippen molar-refractivity contribution >= 4 is 5.91 Å². The van der Waals surface area contributed by atoms with Crippen LogP contribution < -0.4 is 10.1 Å². The Bertz CT molecular complexity index is 1150. The van der Waals surface area contributed by atoms with E-state index < -0.39 is 36.7 Å². The third-order valence-electron chi connectivity index (χ3n) is 4.23. The maximum Gasteiger partial charge on any atom is 0.453 e. The summed E-state index contributed by atoms with van der Waals surface area (Å²) in [7, 11) is 0. The van der Waals surface area contributed by atoms with E-state index in [9.17, 15) is 31.1 Å². The van der Waals surface area contributed by atoms with Gasteiger partial charge in [0.25, 0.3) is 11.7 Å². The molecule has 9 nitrogen and oxygen atoms in total. The molecular weight excluding hydrogens is 472 g/mol. The number of halogens is 6. The minimum absolute atomic E-state index is 0.0389. The zero-order valence-corrected chi connectivity index (χ0v) is 17.6. The number of alkyl halides is 6. The number of aromatic nitrogens is 6. The fourth-order valence-corrected chi connectivity index (χ4v) is 2.72.